The molecule has 0 atom stereocenters. The molecule has 0 saturated heterocycles. The van der Waals surface area contributed by atoms with Gasteiger partial charge in [-0.3, -0.25) is 0 Å². The van der Waals surface area contributed by atoms with Crippen LogP contribution >= 0.6 is 0 Å². The van der Waals surface area contributed by atoms with E-state index in [1.165, 1.54) is 6.08 Å². The van der Waals surface area contributed by atoms with E-state index in [9.17, 15) is 9.59 Å². The van der Waals surface area contributed by atoms with Gasteiger partial charge in [-0.2, -0.15) is 0 Å². The number of carbonyl (C=O) groups is 2. The number of allylic oxidation sites excluding steroid dienone is 1. The van der Waals surface area contributed by atoms with Gasteiger partial charge >= 0.3 is 11.9 Å². The highest BCUT2D eigenvalue weighted by Gasteiger charge is 2.01. The van der Waals surface area contributed by atoms with Crippen molar-refractivity contribution in [2.75, 3.05) is 19.8 Å². The lowest BCUT2D eigenvalue weighted by Gasteiger charge is -2.00. The minimum Gasteiger partial charge on any atom is -0.463 e. The number of ether oxygens (including phenoxy) is 2. The maximum Gasteiger partial charge on any atom is 0.333 e. The Morgan fingerprint density at radius 3 is 2.32 bits per heavy atom. The van der Waals surface area contributed by atoms with Gasteiger partial charge in [-0.1, -0.05) is 26.0 Å². The fourth-order valence-electron chi connectivity index (χ4n) is 0.759. The Bertz CT molecular complexity index is 298. The smallest absolute Gasteiger partial charge is 0.333 e. The van der Waals surface area contributed by atoms with Crippen LogP contribution in [0.3, 0.4) is 0 Å². The molecule has 0 heterocycles. The molecule has 0 aromatic rings. The van der Waals surface area contributed by atoms with E-state index in [-0.39, 0.29) is 11.9 Å². The maximum atomic E-state index is 10.8. The number of hydrogen-bond acceptors (Lipinski definition) is 5. The van der Waals surface area contributed by atoms with E-state index in [1.54, 1.807) is 19.9 Å². The molecule has 0 rings (SSSR count). The summed E-state index contributed by atoms with van der Waals surface area (Å²) in [5.74, 6) is -0.614. The van der Waals surface area contributed by atoms with Gasteiger partial charge in [-0.05, 0) is 20.3 Å². The molecule has 0 aromatic heterocycles. The number of esters is 2. The zero-order valence-electron chi connectivity index (χ0n) is 12.1. The van der Waals surface area contributed by atoms with E-state index in [0.717, 1.165) is 12.8 Å². The standard InChI is InChI=1S/C7H13NO2.C7H12O2/c1-3-6(2)7(9)10-5-4-8;1-3-5-6-9-7(8)4-2/h3H,4-5,8H2,1-2H3;4H,2-3,5-6H2,1H3. The molecule has 0 fully saturated rings. The van der Waals surface area contributed by atoms with Gasteiger partial charge in [-0.25, -0.2) is 9.59 Å². The van der Waals surface area contributed by atoms with Crippen LogP contribution in [-0.4, -0.2) is 31.7 Å². The van der Waals surface area contributed by atoms with Crippen LogP contribution in [0, 0.1) is 0 Å². The average Bonchev–Trinajstić information content (AvgIpc) is 2.44. The Labute approximate surface area is 115 Å². The van der Waals surface area contributed by atoms with E-state index in [0.29, 0.717) is 25.3 Å². The third-order valence-corrected chi connectivity index (χ3v) is 2.01. The van der Waals surface area contributed by atoms with Gasteiger partial charge in [0, 0.05) is 18.2 Å². The molecular weight excluding hydrogens is 246 g/mol. The topological polar surface area (TPSA) is 78.6 Å². The highest BCUT2D eigenvalue weighted by Crippen LogP contribution is 1.94. The number of nitrogens with two attached hydrogens (primary N) is 1. The summed E-state index contributed by atoms with van der Waals surface area (Å²) in [6.07, 6.45) is 4.86. The summed E-state index contributed by atoms with van der Waals surface area (Å²) in [6.45, 7) is 9.99. The van der Waals surface area contributed by atoms with Crippen molar-refractivity contribution in [3.63, 3.8) is 0 Å². The number of carbonyl (C=O) groups excluding carboxylic acids is 2. The second kappa shape index (κ2) is 14.4. The second-order valence-corrected chi connectivity index (χ2v) is 3.62. The summed E-state index contributed by atoms with van der Waals surface area (Å²) in [5.41, 5.74) is 5.74. The van der Waals surface area contributed by atoms with E-state index < -0.39 is 0 Å². The van der Waals surface area contributed by atoms with Gasteiger partial charge in [0.1, 0.15) is 6.61 Å². The van der Waals surface area contributed by atoms with Gasteiger partial charge in [0.25, 0.3) is 0 Å². The molecule has 0 saturated carbocycles. The zero-order valence-corrected chi connectivity index (χ0v) is 12.1. The van der Waals surface area contributed by atoms with E-state index >= 15 is 0 Å². The van der Waals surface area contributed by atoms with Crippen LogP contribution < -0.4 is 5.73 Å². The van der Waals surface area contributed by atoms with E-state index in [1.807, 2.05) is 6.92 Å². The van der Waals surface area contributed by atoms with Crippen LogP contribution in [0.25, 0.3) is 0 Å². The monoisotopic (exact) mass is 271 g/mol. The lowest BCUT2D eigenvalue weighted by atomic mass is 10.3. The number of rotatable bonds is 7. The van der Waals surface area contributed by atoms with Gasteiger partial charge in [0.15, 0.2) is 0 Å². The van der Waals surface area contributed by atoms with Gasteiger partial charge < -0.3 is 15.2 Å². The molecule has 0 spiro atoms. The van der Waals surface area contributed by atoms with Crippen LogP contribution in [0.5, 0.6) is 0 Å². The summed E-state index contributed by atoms with van der Waals surface area (Å²) in [7, 11) is 0. The predicted molar refractivity (Wildman–Crippen MR) is 75.5 cm³/mol. The first kappa shape index (κ1) is 19.7. The summed E-state index contributed by atoms with van der Waals surface area (Å²) in [5, 5.41) is 0. The van der Waals surface area contributed by atoms with E-state index in [4.69, 9.17) is 10.5 Å². The molecule has 0 radical (unpaired) electrons. The molecule has 0 bridgehead atoms. The minimum atomic E-state index is -0.330. The van der Waals surface area contributed by atoms with Crippen LogP contribution in [-0.2, 0) is 19.1 Å². The van der Waals surface area contributed by atoms with Gasteiger partial charge in [0.2, 0.25) is 0 Å². The Kier molecular flexibility index (Phi) is 15.0. The molecule has 0 aliphatic rings. The molecule has 0 aromatic carbocycles. The molecule has 0 aliphatic heterocycles. The molecule has 0 unspecified atom stereocenters. The highest BCUT2D eigenvalue weighted by molar-refractivity contribution is 5.87. The molecular formula is C14H25NO4. The highest BCUT2D eigenvalue weighted by atomic mass is 16.5. The summed E-state index contributed by atoms with van der Waals surface area (Å²) in [4.78, 5) is 21.1. The maximum absolute atomic E-state index is 10.8. The SMILES string of the molecule is C=CC(=O)OCCCC.CC=C(C)C(=O)OCCN. The normalized spacial score (nSPS) is 10.0. The fourth-order valence-corrected chi connectivity index (χ4v) is 0.759. The van der Waals surface area contributed by atoms with Crippen molar-refractivity contribution < 1.29 is 19.1 Å². The van der Waals surface area contributed by atoms with Crippen molar-refractivity contribution in [3.8, 4) is 0 Å². The first-order valence-electron chi connectivity index (χ1n) is 6.32. The van der Waals surface area contributed by atoms with Crippen molar-refractivity contribution in [3.05, 3.63) is 24.3 Å². The minimum absolute atomic E-state index is 0.284. The van der Waals surface area contributed by atoms with Gasteiger partial charge in [-0.15, -0.1) is 0 Å². The molecule has 110 valence electrons. The first-order chi connectivity index (χ1) is 9.03. The summed E-state index contributed by atoms with van der Waals surface area (Å²) >= 11 is 0. The van der Waals surface area contributed by atoms with Crippen molar-refractivity contribution >= 4 is 11.9 Å². The lowest BCUT2D eigenvalue weighted by Crippen LogP contribution is -2.13. The van der Waals surface area contributed by atoms with Crippen molar-refractivity contribution in [2.24, 2.45) is 5.73 Å². The van der Waals surface area contributed by atoms with Crippen LogP contribution in [0.15, 0.2) is 24.3 Å². The molecule has 2 N–H and O–H groups in total. The Balaban J connectivity index is 0. The molecule has 5 heteroatoms. The van der Waals surface area contributed by atoms with E-state index in [2.05, 4.69) is 11.3 Å². The fraction of sp³-hybridized carbons (Fsp3) is 0.571. The van der Waals surface area contributed by atoms with Crippen molar-refractivity contribution in [2.45, 2.75) is 33.6 Å². The Morgan fingerprint density at radius 1 is 1.26 bits per heavy atom. The van der Waals surface area contributed by atoms with Crippen LogP contribution in [0.4, 0.5) is 0 Å². The third-order valence-electron chi connectivity index (χ3n) is 2.01. The van der Waals surface area contributed by atoms with Crippen molar-refractivity contribution in [1.29, 1.82) is 0 Å². The van der Waals surface area contributed by atoms with Crippen molar-refractivity contribution in [1.82, 2.24) is 0 Å². The largest absolute Gasteiger partial charge is 0.463 e. The summed E-state index contributed by atoms with van der Waals surface area (Å²) < 4.78 is 9.39. The first-order valence-corrected chi connectivity index (χ1v) is 6.32. The van der Waals surface area contributed by atoms with Crippen LogP contribution in [0.1, 0.15) is 33.6 Å². The number of unbranched alkanes of at least 4 members (excludes halogenated alkanes) is 1. The van der Waals surface area contributed by atoms with Crippen LogP contribution in [0.2, 0.25) is 0 Å². The molecule has 0 aliphatic carbocycles. The van der Waals surface area contributed by atoms with Gasteiger partial charge in [0.05, 0.1) is 6.61 Å². The summed E-state index contributed by atoms with van der Waals surface area (Å²) in [6, 6.07) is 0. The zero-order chi connectivity index (χ0) is 15.1. The number of hydrogen-bond donors (Lipinski definition) is 1. The lowest BCUT2D eigenvalue weighted by molar-refractivity contribution is -0.139. The average molecular weight is 271 g/mol. The quantitative estimate of drug-likeness (QED) is 0.435. The molecule has 19 heavy (non-hydrogen) atoms. The second-order valence-electron chi connectivity index (χ2n) is 3.62. The molecule has 5 nitrogen and oxygen atoms in total. The predicted octanol–water partition coefficient (Wildman–Crippen LogP) is 1.97. The Hall–Kier alpha value is -1.62. The third kappa shape index (κ3) is 14.3. The Morgan fingerprint density at radius 2 is 1.89 bits per heavy atom. The molecule has 0 amide bonds.